The zero-order valence-corrected chi connectivity index (χ0v) is 12.6. The Hall–Kier alpha value is -1.39. The fourth-order valence-corrected chi connectivity index (χ4v) is 2.51. The summed E-state index contributed by atoms with van der Waals surface area (Å²) in [6.45, 7) is 2.65. The molecule has 0 saturated heterocycles. The minimum Gasteiger partial charge on any atom is -0.494 e. The number of halogens is 1. The topological polar surface area (TPSA) is 34.1 Å². The Labute approximate surface area is 122 Å². The zero-order valence-electron chi connectivity index (χ0n) is 11.1. The molecule has 100 valence electrons. The molecule has 0 amide bonds. The monoisotopic (exact) mass is 320 g/mol. The van der Waals surface area contributed by atoms with E-state index in [0.29, 0.717) is 6.61 Å². The molecule has 2 aromatic rings. The molecular formula is C15H17BrN2O. The Morgan fingerprint density at radius 1 is 1.32 bits per heavy atom. The average molecular weight is 321 g/mol. The molecule has 2 rings (SSSR count). The SMILES string of the molecule is CCOc1cccc(C(NC)c2ncccc2Br)c1. The Balaban J connectivity index is 2.37. The molecule has 0 saturated carbocycles. The molecule has 1 atom stereocenters. The van der Waals surface area contributed by atoms with Crippen molar-refractivity contribution in [3.05, 3.63) is 58.3 Å². The lowest BCUT2D eigenvalue weighted by Crippen LogP contribution is -2.19. The van der Waals surface area contributed by atoms with Crippen LogP contribution in [0.25, 0.3) is 0 Å². The molecule has 1 N–H and O–H groups in total. The van der Waals surface area contributed by atoms with Gasteiger partial charge in [-0.05, 0) is 59.7 Å². The van der Waals surface area contributed by atoms with Gasteiger partial charge in [0.05, 0.1) is 18.3 Å². The summed E-state index contributed by atoms with van der Waals surface area (Å²) in [6, 6.07) is 12.0. The van der Waals surface area contributed by atoms with Crippen molar-refractivity contribution in [1.82, 2.24) is 10.3 Å². The van der Waals surface area contributed by atoms with Gasteiger partial charge in [-0.15, -0.1) is 0 Å². The molecule has 0 aliphatic rings. The lowest BCUT2D eigenvalue weighted by Gasteiger charge is -2.18. The normalized spacial score (nSPS) is 12.2. The fraction of sp³-hybridized carbons (Fsp3) is 0.267. The van der Waals surface area contributed by atoms with Gasteiger partial charge in [-0.25, -0.2) is 0 Å². The van der Waals surface area contributed by atoms with Crippen molar-refractivity contribution < 1.29 is 4.74 Å². The highest BCUT2D eigenvalue weighted by Crippen LogP contribution is 2.28. The largest absolute Gasteiger partial charge is 0.494 e. The van der Waals surface area contributed by atoms with Gasteiger partial charge in [-0.2, -0.15) is 0 Å². The number of nitrogens with one attached hydrogen (secondary N) is 1. The second kappa shape index (κ2) is 6.68. The smallest absolute Gasteiger partial charge is 0.119 e. The van der Waals surface area contributed by atoms with Crippen molar-refractivity contribution in [1.29, 1.82) is 0 Å². The molecule has 1 aromatic carbocycles. The quantitative estimate of drug-likeness (QED) is 0.914. The predicted molar refractivity (Wildman–Crippen MR) is 80.5 cm³/mol. The van der Waals surface area contributed by atoms with Gasteiger partial charge < -0.3 is 10.1 Å². The summed E-state index contributed by atoms with van der Waals surface area (Å²) in [7, 11) is 1.93. The molecule has 3 nitrogen and oxygen atoms in total. The molecule has 1 heterocycles. The van der Waals surface area contributed by atoms with Gasteiger partial charge >= 0.3 is 0 Å². The number of rotatable bonds is 5. The van der Waals surface area contributed by atoms with E-state index in [1.165, 1.54) is 0 Å². The Kier molecular flexibility index (Phi) is 4.93. The van der Waals surface area contributed by atoms with Gasteiger partial charge in [0.25, 0.3) is 0 Å². The number of hydrogen-bond acceptors (Lipinski definition) is 3. The van der Waals surface area contributed by atoms with Gasteiger partial charge in [0.1, 0.15) is 5.75 Å². The van der Waals surface area contributed by atoms with E-state index in [9.17, 15) is 0 Å². The van der Waals surface area contributed by atoms with Crippen LogP contribution in [0.2, 0.25) is 0 Å². The maximum absolute atomic E-state index is 5.55. The predicted octanol–water partition coefficient (Wildman–Crippen LogP) is 3.55. The van der Waals surface area contributed by atoms with E-state index >= 15 is 0 Å². The number of pyridine rings is 1. The third kappa shape index (κ3) is 3.33. The number of nitrogens with zero attached hydrogens (tertiary/aromatic N) is 1. The van der Waals surface area contributed by atoms with Crippen molar-refractivity contribution in [2.45, 2.75) is 13.0 Å². The van der Waals surface area contributed by atoms with E-state index in [-0.39, 0.29) is 6.04 Å². The molecule has 19 heavy (non-hydrogen) atoms. The van der Waals surface area contributed by atoms with Crippen LogP contribution in [0.3, 0.4) is 0 Å². The molecule has 0 radical (unpaired) electrons. The van der Waals surface area contributed by atoms with Gasteiger partial charge in [-0.3, -0.25) is 4.98 Å². The van der Waals surface area contributed by atoms with Crippen LogP contribution in [-0.2, 0) is 0 Å². The highest BCUT2D eigenvalue weighted by atomic mass is 79.9. The zero-order chi connectivity index (χ0) is 13.7. The van der Waals surface area contributed by atoms with Crippen molar-refractivity contribution in [3.8, 4) is 5.75 Å². The first-order valence-corrected chi connectivity index (χ1v) is 7.06. The number of aromatic nitrogens is 1. The first-order valence-electron chi connectivity index (χ1n) is 6.26. The van der Waals surface area contributed by atoms with Crippen molar-refractivity contribution in [3.63, 3.8) is 0 Å². The Morgan fingerprint density at radius 2 is 2.16 bits per heavy atom. The van der Waals surface area contributed by atoms with E-state index in [2.05, 4.69) is 32.3 Å². The summed E-state index contributed by atoms with van der Waals surface area (Å²) in [5, 5.41) is 3.30. The van der Waals surface area contributed by atoms with Crippen LogP contribution in [0, 0.1) is 0 Å². The number of ether oxygens (including phenoxy) is 1. The van der Waals surface area contributed by atoms with Crippen LogP contribution < -0.4 is 10.1 Å². The summed E-state index contributed by atoms with van der Waals surface area (Å²) >= 11 is 3.55. The average Bonchev–Trinajstić information content (AvgIpc) is 2.43. The number of hydrogen-bond donors (Lipinski definition) is 1. The highest BCUT2D eigenvalue weighted by Gasteiger charge is 2.16. The summed E-state index contributed by atoms with van der Waals surface area (Å²) in [5.74, 6) is 0.882. The summed E-state index contributed by atoms with van der Waals surface area (Å²) in [6.07, 6.45) is 1.80. The van der Waals surface area contributed by atoms with Crippen molar-refractivity contribution >= 4 is 15.9 Å². The van der Waals surface area contributed by atoms with Crippen LogP contribution in [-0.4, -0.2) is 18.6 Å². The number of benzene rings is 1. The maximum Gasteiger partial charge on any atom is 0.119 e. The summed E-state index contributed by atoms with van der Waals surface area (Å²) in [5.41, 5.74) is 2.10. The Bertz CT molecular complexity index is 545. The van der Waals surface area contributed by atoms with Crippen LogP contribution in [0.15, 0.2) is 47.1 Å². The first kappa shape index (κ1) is 14.0. The van der Waals surface area contributed by atoms with Crippen LogP contribution in [0.1, 0.15) is 24.2 Å². The third-order valence-electron chi connectivity index (χ3n) is 2.85. The van der Waals surface area contributed by atoms with Crippen LogP contribution >= 0.6 is 15.9 Å². The molecule has 0 aliphatic carbocycles. The molecule has 0 spiro atoms. The van der Waals surface area contributed by atoms with Gasteiger partial charge in [0.2, 0.25) is 0 Å². The van der Waals surface area contributed by atoms with E-state index < -0.39 is 0 Å². The van der Waals surface area contributed by atoms with Crippen LogP contribution in [0.5, 0.6) is 5.75 Å². The van der Waals surface area contributed by atoms with Gasteiger partial charge in [-0.1, -0.05) is 12.1 Å². The van der Waals surface area contributed by atoms with Crippen molar-refractivity contribution in [2.75, 3.05) is 13.7 Å². The molecule has 0 bridgehead atoms. The summed E-state index contributed by atoms with van der Waals surface area (Å²) < 4.78 is 6.54. The fourth-order valence-electron chi connectivity index (χ4n) is 2.02. The molecule has 1 unspecified atom stereocenters. The third-order valence-corrected chi connectivity index (χ3v) is 3.52. The van der Waals surface area contributed by atoms with Gasteiger partial charge in [0.15, 0.2) is 0 Å². The maximum atomic E-state index is 5.55. The second-order valence-corrected chi connectivity index (χ2v) is 4.95. The lowest BCUT2D eigenvalue weighted by molar-refractivity contribution is 0.339. The van der Waals surface area contributed by atoms with E-state index in [4.69, 9.17) is 4.74 Å². The first-order chi connectivity index (χ1) is 9.26. The minimum atomic E-state index is 0.0379. The molecule has 0 fully saturated rings. The minimum absolute atomic E-state index is 0.0379. The van der Waals surface area contributed by atoms with Crippen molar-refractivity contribution in [2.24, 2.45) is 0 Å². The summed E-state index contributed by atoms with van der Waals surface area (Å²) in [4.78, 5) is 4.45. The molecule has 1 aromatic heterocycles. The second-order valence-electron chi connectivity index (χ2n) is 4.10. The standard InChI is InChI=1S/C15H17BrN2O/c1-3-19-12-7-4-6-11(10-12)14(17-2)15-13(16)8-5-9-18-15/h4-10,14,17H,3H2,1-2H3. The lowest BCUT2D eigenvalue weighted by atomic mass is 10.0. The molecule has 4 heteroatoms. The van der Waals surface area contributed by atoms with E-state index in [1.807, 2.05) is 44.3 Å². The Morgan fingerprint density at radius 3 is 2.84 bits per heavy atom. The molecular weight excluding hydrogens is 304 g/mol. The van der Waals surface area contributed by atoms with Crippen LogP contribution in [0.4, 0.5) is 0 Å². The van der Waals surface area contributed by atoms with E-state index in [1.54, 1.807) is 6.20 Å². The van der Waals surface area contributed by atoms with E-state index in [0.717, 1.165) is 21.5 Å². The van der Waals surface area contributed by atoms with Gasteiger partial charge in [0, 0.05) is 10.7 Å². The highest BCUT2D eigenvalue weighted by molar-refractivity contribution is 9.10. The molecule has 0 aliphatic heterocycles.